The van der Waals surface area contributed by atoms with Gasteiger partial charge in [0.05, 0.1) is 0 Å². The van der Waals surface area contributed by atoms with Crippen LogP contribution in [0.25, 0.3) is 17.5 Å². The Morgan fingerprint density at radius 3 is 2.69 bits per heavy atom. The summed E-state index contributed by atoms with van der Waals surface area (Å²) in [5.74, 6) is 1.09. The van der Waals surface area contributed by atoms with Gasteiger partial charge in [-0.1, -0.05) is 28.9 Å². The predicted molar refractivity (Wildman–Crippen MR) is 99.4 cm³/mol. The Morgan fingerprint density at radius 1 is 1.19 bits per heavy atom. The summed E-state index contributed by atoms with van der Waals surface area (Å²) in [5, 5.41) is 4.05. The van der Waals surface area contributed by atoms with E-state index in [0.29, 0.717) is 24.8 Å². The Morgan fingerprint density at radius 2 is 1.96 bits per heavy atom. The van der Waals surface area contributed by atoms with Crippen molar-refractivity contribution in [1.82, 2.24) is 15.0 Å². The first-order valence-corrected chi connectivity index (χ1v) is 8.97. The highest BCUT2D eigenvalue weighted by Crippen LogP contribution is 2.22. The molecule has 0 saturated carbocycles. The highest BCUT2D eigenvalue weighted by Gasteiger charge is 2.23. The highest BCUT2D eigenvalue weighted by molar-refractivity contribution is 5.68. The van der Waals surface area contributed by atoms with Crippen LogP contribution in [0.3, 0.4) is 0 Å². The van der Waals surface area contributed by atoms with Crippen molar-refractivity contribution in [3.8, 4) is 11.5 Å². The van der Waals surface area contributed by atoms with Gasteiger partial charge in [0.1, 0.15) is 5.60 Å². The summed E-state index contributed by atoms with van der Waals surface area (Å²) in [6.45, 7) is 7.00. The largest absolute Gasteiger partial charge is 0.444 e. The predicted octanol–water partition coefficient (Wildman–Crippen LogP) is 4.54. The average Bonchev–Trinajstić information content (AvgIpc) is 2.92. The van der Waals surface area contributed by atoms with Gasteiger partial charge in [-0.3, -0.25) is 0 Å². The number of carbonyl (C=O) groups excluding carboxylic acids is 1. The molecule has 2 aromatic rings. The van der Waals surface area contributed by atoms with Crippen LogP contribution in [0.1, 0.15) is 45.9 Å². The summed E-state index contributed by atoms with van der Waals surface area (Å²) in [6.07, 6.45) is 4.32. The number of hydrogen-bond acceptors (Lipinski definition) is 5. The SMILES string of the molecule is CC(C)(C)OC(=O)N1CCC/C(=C/c2noc(-c3ccccc3)n2)CC1. The van der Waals surface area contributed by atoms with Crippen molar-refractivity contribution in [2.75, 3.05) is 13.1 Å². The number of carbonyl (C=O) groups is 1. The molecule has 1 aromatic carbocycles. The molecule has 0 spiro atoms. The number of rotatable bonds is 2. The van der Waals surface area contributed by atoms with Crippen LogP contribution >= 0.6 is 0 Å². The Labute approximate surface area is 153 Å². The van der Waals surface area contributed by atoms with Crippen molar-refractivity contribution in [3.05, 3.63) is 41.7 Å². The fourth-order valence-corrected chi connectivity index (χ4v) is 2.84. The normalized spacial score (nSPS) is 17.2. The minimum atomic E-state index is -0.472. The third kappa shape index (κ3) is 4.94. The van der Waals surface area contributed by atoms with E-state index in [4.69, 9.17) is 9.26 Å². The topological polar surface area (TPSA) is 68.5 Å². The van der Waals surface area contributed by atoms with Gasteiger partial charge < -0.3 is 14.2 Å². The molecule has 2 heterocycles. The summed E-state index contributed by atoms with van der Waals surface area (Å²) in [5.41, 5.74) is 1.65. The lowest BCUT2D eigenvalue weighted by atomic mass is 10.1. The van der Waals surface area contributed by atoms with Crippen LogP contribution in [-0.4, -0.2) is 39.8 Å². The zero-order chi connectivity index (χ0) is 18.6. The first-order chi connectivity index (χ1) is 12.4. The lowest BCUT2D eigenvalue weighted by Gasteiger charge is -2.26. The number of amides is 1. The maximum Gasteiger partial charge on any atom is 0.410 e. The first kappa shape index (κ1) is 18.2. The Bertz CT molecular complexity index is 775. The van der Waals surface area contributed by atoms with E-state index in [2.05, 4.69) is 10.1 Å². The van der Waals surface area contributed by atoms with Gasteiger partial charge in [-0.05, 0) is 58.2 Å². The van der Waals surface area contributed by atoms with Crippen molar-refractivity contribution in [3.63, 3.8) is 0 Å². The Kier molecular flexibility index (Phi) is 5.40. The average molecular weight is 355 g/mol. The molecular formula is C20H25N3O3. The molecule has 1 aromatic heterocycles. The fourth-order valence-electron chi connectivity index (χ4n) is 2.84. The van der Waals surface area contributed by atoms with Gasteiger partial charge in [-0.15, -0.1) is 0 Å². The van der Waals surface area contributed by atoms with Crippen LogP contribution in [0.2, 0.25) is 0 Å². The zero-order valence-corrected chi connectivity index (χ0v) is 15.6. The summed E-state index contributed by atoms with van der Waals surface area (Å²) >= 11 is 0. The van der Waals surface area contributed by atoms with Crippen LogP contribution < -0.4 is 0 Å². The first-order valence-electron chi connectivity index (χ1n) is 8.97. The molecule has 6 nitrogen and oxygen atoms in total. The summed E-state index contributed by atoms with van der Waals surface area (Å²) in [4.78, 5) is 18.5. The molecule has 0 atom stereocenters. The van der Waals surface area contributed by atoms with Crippen LogP contribution in [0, 0.1) is 0 Å². The lowest BCUT2D eigenvalue weighted by Crippen LogP contribution is -2.37. The molecule has 1 saturated heterocycles. The zero-order valence-electron chi connectivity index (χ0n) is 15.6. The summed E-state index contributed by atoms with van der Waals surface area (Å²) in [6, 6.07) is 9.71. The molecule has 0 bridgehead atoms. The maximum atomic E-state index is 12.2. The second-order valence-electron chi connectivity index (χ2n) is 7.45. The number of hydrogen-bond donors (Lipinski definition) is 0. The van der Waals surface area contributed by atoms with Crippen molar-refractivity contribution in [1.29, 1.82) is 0 Å². The molecular weight excluding hydrogens is 330 g/mol. The minimum absolute atomic E-state index is 0.246. The van der Waals surface area contributed by atoms with E-state index < -0.39 is 5.60 Å². The molecule has 3 rings (SSSR count). The van der Waals surface area contributed by atoms with Crippen molar-refractivity contribution >= 4 is 12.2 Å². The number of benzene rings is 1. The molecule has 1 fully saturated rings. The van der Waals surface area contributed by atoms with Crippen LogP contribution in [0.15, 0.2) is 40.4 Å². The van der Waals surface area contributed by atoms with Gasteiger partial charge >= 0.3 is 6.09 Å². The van der Waals surface area contributed by atoms with Gasteiger partial charge in [0.15, 0.2) is 5.82 Å². The van der Waals surface area contributed by atoms with Crippen molar-refractivity contribution in [2.24, 2.45) is 0 Å². The number of likely N-dealkylation sites (tertiary alicyclic amines) is 1. The Hall–Kier alpha value is -2.63. The molecule has 0 aliphatic carbocycles. The monoisotopic (exact) mass is 355 g/mol. The van der Waals surface area contributed by atoms with Gasteiger partial charge in [-0.2, -0.15) is 4.98 Å². The molecule has 1 aliphatic rings. The number of aromatic nitrogens is 2. The molecule has 6 heteroatoms. The molecule has 0 N–H and O–H groups in total. The van der Waals surface area contributed by atoms with Crippen molar-refractivity contribution in [2.45, 2.75) is 45.6 Å². The summed E-state index contributed by atoms with van der Waals surface area (Å²) in [7, 11) is 0. The molecule has 26 heavy (non-hydrogen) atoms. The van der Waals surface area contributed by atoms with E-state index in [1.807, 2.05) is 57.2 Å². The molecule has 138 valence electrons. The van der Waals surface area contributed by atoms with Gasteiger partial charge in [0, 0.05) is 18.7 Å². The van der Waals surface area contributed by atoms with Crippen LogP contribution in [0.4, 0.5) is 4.79 Å². The smallest absolute Gasteiger partial charge is 0.410 e. The van der Waals surface area contributed by atoms with E-state index in [0.717, 1.165) is 24.8 Å². The molecule has 0 radical (unpaired) electrons. The number of nitrogens with zero attached hydrogens (tertiary/aromatic N) is 3. The third-order valence-electron chi connectivity index (χ3n) is 4.08. The standard InChI is InChI=1S/C20H25N3O3/c1-20(2,3)25-19(24)23-12-7-8-15(11-13-23)14-17-21-18(26-22-17)16-9-5-4-6-10-16/h4-6,9-10,14H,7-8,11-13H2,1-3H3/b15-14-. The van der Waals surface area contributed by atoms with Gasteiger partial charge in [0.25, 0.3) is 5.89 Å². The fraction of sp³-hybridized carbons (Fsp3) is 0.450. The highest BCUT2D eigenvalue weighted by atomic mass is 16.6. The molecule has 1 amide bonds. The van der Waals surface area contributed by atoms with E-state index in [1.54, 1.807) is 4.90 Å². The van der Waals surface area contributed by atoms with Crippen molar-refractivity contribution < 1.29 is 14.1 Å². The van der Waals surface area contributed by atoms with E-state index in [9.17, 15) is 4.79 Å². The second-order valence-corrected chi connectivity index (χ2v) is 7.45. The van der Waals surface area contributed by atoms with E-state index >= 15 is 0 Å². The summed E-state index contributed by atoms with van der Waals surface area (Å²) < 4.78 is 10.8. The van der Waals surface area contributed by atoms with Gasteiger partial charge in [0.2, 0.25) is 0 Å². The van der Waals surface area contributed by atoms with Crippen LogP contribution in [0.5, 0.6) is 0 Å². The second kappa shape index (κ2) is 7.72. The van der Waals surface area contributed by atoms with E-state index in [1.165, 1.54) is 5.57 Å². The van der Waals surface area contributed by atoms with E-state index in [-0.39, 0.29) is 6.09 Å². The maximum absolute atomic E-state index is 12.2. The third-order valence-corrected chi connectivity index (χ3v) is 4.08. The Balaban J connectivity index is 1.64. The quantitative estimate of drug-likeness (QED) is 0.791. The minimum Gasteiger partial charge on any atom is -0.444 e. The van der Waals surface area contributed by atoms with Gasteiger partial charge in [-0.25, -0.2) is 4.79 Å². The van der Waals surface area contributed by atoms with Crippen LogP contribution in [-0.2, 0) is 4.74 Å². The number of ether oxygens (including phenoxy) is 1. The lowest BCUT2D eigenvalue weighted by molar-refractivity contribution is 0.0258. The molecule has 0 unspecified atom stereocenters. The molecule has 1 aliphatic heterocycles.